The van der Waals surface area contributed by atoms with E-state index in [2.05, 4.69) is 0 Å². The lowest BCUT2D eigenvalue weighted by atomic mass is 9.90. The summed E-state index contributed by atoms with van der Waals surface area (Å²) in [7, 11) is 0. The number of ether oxygens (including phenoxy) is 1. The number of carbonyl (C=O) groups excluding carboxylic acids is 1. The van der Waals surface area contributed by atoms with Crippen molar-refractivity contribution in [3.63, 3.8) is 0 Å². The predicted molar refractivity (Wildman–Crippen MR) is 87.5 cm³/mol. The summed E-state index contributed by atoms with van der Waals surface area (Å²) >= 11 is 0. The number of non-ortho nitro benzene ring substituents is 1. The van der Waals surface area contributed by atoms with E-state index in [0.29, 0.717) is 6.54 Å². The molecule has 0 N–H and O–H groups in total. The van der Waals surface area contributed by atoms with Crippen LogP contribution in [0.25, 0.3) is 0 Å². The molecule has 1 aliphatic rings. The zero-order valence-electron chi connectivity index (χ0n) is 14.1. The van der Waals surface area contributed by atoms with Gasteiger partial charge in [0, 0.05) is 30.6 Å². The van der Waals surface area contributed by atoms with E-state index in [-0.39, 0.29) is 28.7 Å². The van der Waals surface area contributed by atoms with Gasteiger partial charge in [-0.3, -0.25) is 10.1 Å². The van der Waals surface area contributed by atoms with Crippen molar-refractivity contribution in [1.29, 1.82) is 0 Å². The lowest BCUT2D eigenvalue weighted by Gasteiger charge is -2.30. The van der Waals surface area contributed by atoms with E-state index in [4.69, 9.17) is 4.74 Å². The van der Waals surface area contributed by atoms with Crippen LogP contribution in [0.2, 0.25) is 0 Å². The van der Waals surface area contributed by atoms with Gasteiger partial charge in [0.2, 0.25) is 0 Å². The van der Waals surface area contributed by atoms with E-state index in [1.165, 1.54) is 6.07 Å². The van der Waals surface area contributed by atoms with E-state index < -0.39 is 5.60 Å². The van der Waals surface area contributed by atoms with Gasteiger partial charge in [-0.05, 0) is 39.2 Å². The minimum atomic E-state index is -0.529. The molecule has 0 spiro atoms. The number of likely N-dealkylation sites (tertiary alicyclic amines) is 1. The SMILES string of the molecule is CCC1C(c2cccc([N+](=O)[O-])c2)CCN1C(=O)OC(C)(C)C. The van der Waals surface area contributed by atoms with E-state index >= 15 is 0 Å². The Labute approximate surface area is 136 Å². The molecule has 0 saturated carbocycles. The fourth-order valence-corrected chi connectivity index (χ4v) is 3.16. The van der Waals surface area contributed by atoms with Crippen molar-refractivity contribution < 1.29 is 14.5 Å². The second-order valence-corrected chi connectivity index (χ2v) is 6.90. The van der Waals surface area contributed by atoms with Crippen LogP contribution in [0.5, 0.6) is 0 Å². The average molecular weight is 320 g/mol. The second kappa shape index (κ2) is 6.56. The van der Waals surface area contributed by atoms with Crippen LogP contribution >= 0.6 is 0 Å². The maximum atomic E-state index is 12.4. The summed E-state index contributed by atoms with van der Waals surface area (Å²) in [4.78, 5) is 24.7. The van der Waals surface area contributed by atoms with E-state index in [0.717, 1.165) is 18.4 Å². The minimum absolute atomic E-state index is 0.00635. The molecule has 1 saturated heterocycles. The molecule has 1 aliphatic heterocycles. The van der Waals surface area contributed by atoms with Gasteiger partial charge in [0.25, 0.3) is 5.69 Å². The maximum Gasteiger partial charge on any atom is 0.410 e. The zero-order chi connectivity index (χ0) is 17.2. The Morgan fingerprint density at radius 1 is 1.43 bits per heavy atom. The number of hydrogen-bond donors (Lipinski definition) is 0. The summed E-state index contributed by atoms with van der Waals surface area (Å²) in [6, 6.07) is 6.72. The van der Waals surface area contributed by atoms with Crippen molar-refractivity contribution in [2.45, 2.75) is 58.1 Å². The number of nitro groups is 1. The van der Waals surface area contributed by atoms with Gasteiger partial charge in [-0.25, -0.2) is 4.79 Å². The van der Waals surface area contributed by atoms with Crippen molar-refractivity contribution in [3.05, 3.63) is 39.9 Å². The standard InChI is InChI=1S/C17H24N2O4/c1-5-15-14(12-7-6-8-13(11-12)19(21)22)9-10-18(15)16(20)23-17(2,3)4/h6-8,11,14-15H,5,9-10H2,1-4H3. The van der Waals surface area contributed by atoms with Gasteiger partial charge in [0.05, 0.1) is 4.92 Å². The highest BCUT2D eigenvalue weighted by Crippen LogP contribution is 2.37. The van der Waals surface area contributed by atoms with Gasteiger partial charge in [0.15, 0.2) is 0 Å². The summed E-state index contributed by atoms with van der Waals surface area (Å²) < 4.78 is 5.48. The third-order valence-corrected chi connectivity index (χ3v) is 4.10. The molecule has 23 heavy (non-hydrogen) atoms. The van der Waals surface area contributed by atoms with Crippen LogP contribution in [0.1, 0.15) is 52.0 Å². The lowest BCUT2D eigenvalue weighted by molar-refractivity contribution is -0.384. The van der Waals surface area contributed by atoms with Gasteiger partial charge in [0.1, 0.15) is 5.60 Å². The highest BCUT2D eigenvalue weighted by atomic mass is 16.6. The Kier molecular flexibility index (Phi) is 4.92. The Balaban J connectivity index is 2.20. The third kappa shape index (κ3) is 4.00. The smallest absolute Gasteiger partial charge is 0.410 e. The summed E-state index contributed by atoms with van der Waals surface area (Å²) in [6.45, 7) is 8.18. The first kappa shape index (κ1) is 17.2. The van der Waals surface area contributed by atoms with Crippen LogP contribution in [0.15, 0.2) is 24.3 Å². The van der Waals surface area contributed by atoms with E-state index in [1.54, 1.807) is 17.0 Å². The second-order valence-electron chi connectivity index (χ2n) is 6.90. The van der Waals surface area contributed by atoms with Gasteiger partial charge < -0.3 is 9.64 Å². The first-order valence-electron chi connectivity index (χ1n) is 7.97. The summed E-state index contributed by atoms with van der Waals surface area (Å²) in [5, 5.41) is 11.0. The Hall–Kier alpha value is -2.11. The molecule has 6 nitrogen and oxygen atoms in total. The number of carbonyl (C=O) groups is 1. The number of rotatable bonds is 3. The molecule has 1 fully saturated rings. The van der Waals surface area contributed by atoms with Crippen molar-refractivity contribution >= 4 is 11.8 Å². The minimum Gasteiger partial charge on any atom is -0.444 e. The summed E-state index contributed by atoms with van der Waals surface area (Å²) in [6.07, 6.45) is 1.27. The predicted octanol–water partition coefficient (Wildman–Crippen LogP) is 4.10. The van der Waals surface area contributed by atoms with Gasteiger partial charge >= 0.3 is 6.09 Å². The quantitative estimate of drug-likeness (QED) is 0.621. The molecule has 1 amide bonds. The van der Waals surface area contributed by atoms with Crippen molar-refractivity contribution in [2.75, 3.05) is 6.54 Å². The monoisotopic (exact) mass is 320 g/mol. The van der Waals surface area contributed by atoms with Crippen LogP contribution in [-0.4, -0.2) is 34.1 Å². The molecule has 2 atom stereocenters. The normalized spacial score (nSPS) is 21.3. The Morgan fingerprint density at radius 2 is 2.13 bits per heavy atom. The first-order chi connectivity index (χ1) is 10.7. The molecule has 1 aromatic carbocycles. The van der Waals surface area contributed by atoms with Crippen LogP contribution in [0.3, 0.4) is 0 Å². The molecule has 2 unspecified atom stereocenters. The lowest BCUT2D eigenvalue weighted by Crippen LogP contribution is -2.40. The molecule has 126 valence electrons. The van der Waals surface area contributed by atoms with Crippen molar-refractivity contribution in [1.82, 2.24) is 4.90 Å². The van der Waals surface area contributed by atoms with Crippen molar-refractivity contribution in [3.8, 4) is 0 Å². The van der Waals surface area contributed by atoms with Gasteiger partial charge in [-0.2, -0.15) is 0 Å². The fourth-order valence-electron chi connectivity index (χ4n) is 3.16. The number of nitro benzene ring substituents is 1. The highest BCUT2D eigenvalue weighted by molar-refractivity contribution is 5.69. The summed E-state index contributed by atoms with van der Waals surface area (Å²) in [5.74, 6) is 0.104. The molecule has 1 aromatic rings. The van der Waals surface area contributed by atoms with Gasteiger partial charge in [-0.1, -0.05) is 19.1 Å². The van der Waals surface area contributed by atoms with Crippen LogP contribution in [-0.2, 0) is 4.74 Å². The number of benzene rings is 1. The van der Waals surface area contributed by atoms with E-state index in [1.807, 2.05) is 33.8 Å². The molecule has 0 radical (unpaired) electrons. The maximum absolute atomic E-state index is 12.4. The number of nitrogens with zero attached hydrogens (tertiary/aromatic N) is 2. The van der Waals surface area contributed by atoms with Gasteiger partial charge in [-0.15, -0.1) is 0 Å². The highest BCUT2D eigenvalue weighted by Gasteiger charge is 2.38. The van der Waals surface area contributed by atoms with Crippen LogP contribution in [0.4, 0.5) is 10.5 Å². The Bertz CT molecular complexity index is 595. The molecule has 6 heteroatoms. The fraction of sp³-hybridized carbons (Fsp3) is 0.588. The molecule has 0 aromatic heterocycles. The van der Waals surface area contributed by atoms with Crippen LogP contribution in [0, 0.1) is 10.1 Å². The largest absolute Gasteiger partial charge is 0.444 e. The molecule has 0 aliphatic carbocycles. The number of hydrogen-bond acceptors (Lipinski definition) is 4. The molecular weight excluding hydrogens is 296 g/mol. The first-order valence-corrected chi connectivity index (χ1v) is 7.97. The summed E-state index contributed by atoms with van der Waals surface area (Å²) in [5.41, 5.74) is 0.476. The zero-order valence-corrected chi connectivity index (χ0v) is 14.1. The topological polar surface area (TPSA) is 72.7 Å². The molecule has 2 rings (SSSR count). The Morgan fingerprint density at radius 3 is 2.70 bits per heavy atom. The average Bonchev–Trinajstić information content (AvgIpc) is 2.89. The van der Waals surface area contributed by atoms with Crippen molar-refractivity contribution in [2.24, 2.45) is 0 Å². The molecular formula is C17H24N2O4. The third-order valence-electron chi connectivity index (χ3n) is 4.10. The molecule has 1 heterocycles. The molecule has 0 bridgehead atoms. The number of amides is 1. The van der Waals surface area contributed by atoms with Crippen LogP contribution < -0.4 is 0 Å². The van der Waals surface area contributed by atoms with E-state index in [9.17, 15) is 14.9 Å².